The van der Waals surface area contributed by atoms with Crippen molar-refractivity contribution < 1.29 is 23.5 Å². The number of thiophene rings is 1. The fourth-order valence-corrected chi connectivity index (χ4v) is 4.61. The fourth-order valence-electron chi connectivity index (χ4n) is 2.76. The van der Waals surface area contributed by atoms with Crippen LogP contribution in [0.25, 0.3) is 20.9 Å². The van der Waals surface area contributed by atoms with E-state index in [9.17, 15) is 14.0 Å². The zero-order valence-corrected chi connectivity index (χ0v) is 17.3. The van der Waals surface area contributed by atoms with E-state index in [1.54, 1.807) is 37.5 Å². The molecule has 1 aromatic carbocycles. The molecule has 0 atom stereocenters. The molecule has 3 heterocycles. The van der Waals surface area contributed by atoms with Crippen molar-refractivity contribution in [3.05, 3.63) is 64.0 Å². The number of hydrogen-bond donors (Lipinski definition) is 0. The molecule has 152 valence electrons. The van der Waals surface area contributed by atoms with Crippen LogP contribution in [-0.4, -0.2) is 33.5 Å². The topological polar surface area (TPSA) is 91.3 Å². The number of nitrogens with zero attached hydrogens (tertiary/aromatic N) is 3. The molecule has 4 aromatic rings. The lowest BCUT2D eigenvalue weighted by Crippen LogP contribution is -2.10. The molecule has 30 heavy (non-hydrogen) atoms. The van der Waals surface area contributed by atoms with E-state index < -0.39 is 17.8 Å². The number of aromatic nitrogens is 3. The first kappa shape index (κ1) is 20.0. The lowest BCUT2D eigenvalue weighted by molar-refractivity contribution is 0.0449. The summed E-state index contributed by atoms with van der Waals surface area (Å²) in [5, 5.41) is 2.25. The maximum Gasteiger partial charge on any atom is 0.358 e. The van der Waals surface area contributed by atoms with Crippen molar-refractivity contribution >= 4 is 44.7 Å². The van der Waals surface area contributed by atoms with E-state index in [4.69, 9.17) is 9.47 Å². The lowest BCUT2D eigenvalue weighted by atomic mass is 10.1. The molecule has 0 aliphatic rings. The summed E-state index contributed by atoms with van der Waals surface area (Å²) in [5.74, 6) is -1.38. The van der Waals surface area contributed by atoms with Gasteiger partial charge in [-0.25, -0.2) is 28.9 Å². The van der Waals surface area contributed by atoms with Crippen molar-refractivity contribution in [2.24, 2.45) is 0 Å². The van der Waals surface area contributed by atoms with Crippen molar-refractivity contribution in [3.8, 4) is 10.8 Å². The molecule has 0 saturated heterocycles. The van der Waals surface area contributed by atoms with Gasteiger partial charge in [0.1, 0.15) is 17.3 Å². The lowest BCUT2D eigenvalue weighted by Gasteiger charge is -2.06. The average Bonchev–Trinajstić information content (AvgIpc) is 3.39. The number of thiazole rings is 1. The average molecular weight is 443 g/mol. The van der Waals surface area contributed by atoms with E-state index >= 15 is 0 Å². The first-order chi connectivity index (χ1) is 14.6. The minimum absolute atomic E-state index is 0.0835. The Bertz CT molecular complexity index is 1220. The zero-order chi connectivity index (χ0) is 21.1. The van der Waals surface area contributed by atoms with Crippen LogP contribution in [0.2, 0.25) is 0 Å². The molecule has 3 aromatic heterocycles. The predicted molar refractivity (Wildman–Crippen MR) is 110 cm³/mol. The summed E-state index contributed by atoms with van der Waals surface area (Å²) in [6, 6.07) is 6.23. The van der Waals surface area contributed by atoms with Crippen LogP contribution < -0.4 is 0 Å². The molecule has 0 bridgehead atoms. The number of carbonyl (C=O) groups is 2. The van der Waals surface area contributed by atoms with Crippen molar-refractivity contribution in [1.29, 1.82) is 0 Å². The highest BCUT2D eigenvalue weighted by molar-refractivity contribution is 7.21. The number of carbonyl (C=O) groups excluding carboxylic acids is 2. The minimum atomic E-state index is -0.695. The van der Waals surface area contributed by atoms with Crippen molar-refractivity contribution in [1.82, 2.24) is 15.0 Å². The van der Waals surface area contributed by atoms with Crippen LogP contribution in [-0.2, 0) is 16.1 Å². The predicted octanol–water partition coefficient (Wildman–Crippen LogP) is 4.49. The summed E-state index contributed by atoms with van der Waals surface area (Å²) in [6.45, 7) is 1.57. The number of esters is 2. The first-order valence-electron chi connectivity index (χ1n) is 8.85. The number of halogens is 1. The molecule has 0 aliphatic carbocycles. The van der Waals surface area contributed by atoms with Gasteiger partial charge < -0.3 is 9.47 Å². The number of ether oxygens (including phenoxy) is 2. The number of benzene rings is 1. The molecule has 0 spiro atoms. The van der Waals surface area contributed by atoms with Crippen LogP contribution in [0.3, 0.4) is 0 Å². The van der Waals surface area contributed by atoms with Crippen LogP contribution in [0.4, 0.5) is 4.39 Å². The van der Waals surface area contributed by atoms with Gasteiger partial charge in [0.15, 0.2) is 16.5 Å². The number of hydrogen-bond acceptors (Lipinski definition) is 9. The molecule has 0 saturated carbocycles. The highest BCUT2D eigenvalue weighted by atomic mass is 32.1. The number of rotatable bonds is 6. The van der Waals surface area contributed by atoms with Gasteiger partial charge in [-0.1, -0.05) is 6.07 Å². The highest BCUT2D eigenvalue weighted by Crippen LogP contribution is 2.34. The van der Waals surface area contributed by atoms with Crippen molar-refractivity contribution in [2.45, 2.75) is 13.5 Å². The quantitative estimate of drug-likeness (QED) is 0.406. The summed E-state index contributed by atoms with van der Waals surface area (Å²) in [5.41, 5.74) is 0.363. The molecule has 0 amide bonds. The van der Waals surface area contributed by atoms with Crippen LogP contribution >= 0.6 is 22.7 Å². The Kier molecular flexibility index (Phi) is 5.77. The first-order valence-corrected chi connectivity index (χ1v) is 10.5. The number of fused-ring (bicyclic) bond motifs is 1. The Hall–Kier alpha value is -3.24. The Morgan fingerprint density at radius 2 is 1.90 bits per heavy atom. The van der Waals surface area contributed by atoms with Gasteiger partial charge in [0, 0.05) is 33.4 Å². The second-order valence-electron chi connectivity index (χ2n) is 5.93. The van der Waals surface area contributed by atoms with Gasteiger partial charge in [0.25, 0.3) is 0 Å². The minimum Gasteiger partial charge on any atom is -0.462 e. The molecular formula is C20H14FN3O4S2. The van der Waals surface area contributed by atoms with Gasteiger partial charge in [-0.05, 0) is 25.1 Å². The van der Waals surface area contributed by atoms with Crippen LogP contribution in [0.15, 0.2) is 42.0 Å². The molecule has 0 aliphatic heterocycles. The monoisotopic (exact) mass is 443 g/mol. The third-order valence-electron chi connectivity index (χ3n) is 4.04. The second kappa shape index (κ2) is 8.64. The Morgan fingerprint density at radius 1 is 1.10 bits per heavy atom. The molecule has 7 nitrogen and oxygen atoms in total. The van der Waals surface area contributed by atoms with Gasteiger partial charge in [-0.3, -0.25) is 0 Å². The summed E-state index contributed by atoms with van der Waals surface area (Å²) in [4.78, 5) is 37.4. The highest BCUT2D eigenvalue weighted by Gasteiger charge is 2.23. The third-order valence-corrected chi connectivity index (χ3v) is 6.06. The van der Waals surface area contributed by atoms with Gasteiger partial charge in [-0.2, -0.15) is 0 Å². The van der Waals surface area contributed by atoms with Gasteiger partial charge >= 0.3 is 11.9 Å². The maximum atomic E-state index is 14.4. The molecular weight excluding hydrogens is 429 g/mol. The molecule has 0 N–H and O–H groups in total. The smallest absolute Gasteiger partial charge is 0.358 e. The fraction of sp³-hybridized carbons (Fsp3) is 0.150. The summed E-state index contributed by atoms with van der Waals surface area (Å²) >= 11 is 2.30. The SMILES string of the molecule is CCOC(=O)c1sc2cccc(F)c2c1COC(=O)c1csc(-c2ncccn2)n1. The Morgan fingerprint density at radius 3 is 2.67 bits per heavy atom. The zero-order valence-electron chi connectivity index (χ0n) is 15.6. The van der Waals surface area contributed by atoms with Crippen LogP contribution in [0.1, 0.15) is 32.6 Å². The van der Waals surface area contributed by atoms with E-state index in [2.05, 4.69) is 15.0 Å². The second-order valence-corrected chi connectivity index (χ2v) is 7.84. The Balaban J connectivity index is 1.59. The van der Waals surface area contributed by atoms with Gasteiger partial charge in [0.05, 0.1) is 6.61 Å². The molecule has 0 radical (unpaired) electrons. The largest absolute Gasteiger partial charge is 0.462 e. The van der Waals surface area contributed by atoms with E-state index in [1.165, 1.54) is 22.8 Å². The van der Waals surface area contributed by atoms with Crippen molar-refractivity contribution in [3.63, 3.8) is 0 Å². The molecule has 10 heteroatoms. The standard InChI is InChI=1S/C20H14FN3O4S2/c1-2-27-20(26)16-11(15-12(21)5-3-6-14(15)30-16)9-28-19(25)13-10-29-18(24-13)17-22-7-4-8-23-17/h3-8,10H,2,9H2,1H3. The summed E-state index contributed by atoms with van der Waals surface area (Å²) in [6.07, 6.45) is 3.16. The summed E-state index contributed by atoms with van der Waals surface area (Å²) in [7, 11) is 0. The van der Waals surface area contributed by atoms with Crippen molar-refractivity contribution in [2.75, 3.05) is 6.61 Å². The maximum absolute atomic E-state index is 14.4. The van der Waals surface area contributed by atoms with Gasteiger partial charge in [-0.15, -0.1) is 22.7 Å². The van der Waals surface area contributed by atoms with Gasteiger partial charge in [0.2, 0.25) is 0 Å². The van der Waals surface area contributed by atoms with E-state index in [1.807, 2.05) is 0 Å². The Labute approximate surface area is 178 Å². The van der Waals surface area contributed by atoms with E-state index in [0.717, 1.165) is 11.3 Å². The van der Waals surface area contributed by atoms with E-state index in [0.29, 0.717) is 15.5 Å². The molecule has 4 rings (SSSR count). The summed E-state index contributed by atoms with van der Waals surface area (Å²) < 4.78 is 25.4. The molecule has 0 unspecified atom stereocenters. The molecule has 0 fully saturated rings. The normalized spacial score (nSPS) is 10.9. The van der Waals surface area contributed by atoms with Crippen LogP contribution in [0.5, 0.6) is 0 Å². The van der Waals surface area contributed by atoms with Crippen LogP contribution in [0, 0.1) is 5.82 Å². The third kappa shape index (κ3) is 3.91. The van der Waals surface area contributed by atoms with E-state index in [-0.39, 0.29) is 34.7 Å².